The lowest BCUT2D eigenvalue weighted by molar-refractivity contribution is -0.146. The lowest BCUT2D eigenvalue weighted by Gasteiger charge is -2.04. The van der Waals surface area contributed by atoms with Crippen molar-refractivity contribution in [2.75, 3.05) is 0 Å². The Morgan fingerprint density at radius 2 is 0.966 bits per heavy atom. The Kier molecular flexibility index (Phi) is 22.8. The Bertz CT molecular complexity index is 365. The summed E-state index contributed by atoms with van der Waals surface area (Å²) in [5.41, 5.74) is 0. The maximum Gasteiger partial charge on any atom is 0.332 e. The van der Waals surface area contributed by atoms with E-state index in [1.165, 1.54) is 122 Å². The van der Waals surface area contributed by atoms with E-state index in [-0.39, 0.29) is 6.42 Å². The van der Waals surface area contributed by atoms with Crippen molar-refractivity contribution < 1.29 is 15.0 Å². The average Bonchev–Trinajstić information content (AvgIpc) is 2.71. The summed E-state index contributed by atoms with van der Waals surface area (Å²) in [6, 6.07) is 0. The number of carbonyl (C=O) groups is 1. The van der Waals surface area contributed by atoms with Crippen LogP contribution in [0.4, 0.5) is 0 Å². The van der Waals surface area contributed by atoms with Gasteiger partial charge in [0.15, 0.2) is 6.10 Å². The fraction of sp³-hybridized carbons (Fsp3) is 0.885. The zero-order valence-corrected chi connectivity index (χ0v) is 19.4. The second kappa shape index (κ2) is 23.4. The van der Waals surface area contributed by atoms with Crippen LogP contribution in [0.1, 0.15) is 142 Å². The molecule has 0 saturated carbocycles. The van der Waals surface area contributed by atoms with Gasteiger partial charge in [-0.3, -0.25) is 0 Å². The highest BCUT2D eigenvalue weighted by molar-refractivity contribution is 5.72. The van der Waals surface area contributed by atoms with Crippen molar-refractivity contribution in [2.45, 2.75) is 148 Å². The molecule has 1 unspecified atom stereocenters. The van der Waals surface area contributed by atoms with Crippen LogP contribution in [-0.2, 0) is 4.79 Å². The van der Waals surface area contributed by atoms with Crippen LogP contribution in [0.2, 0.25) is 0 Å². The maximum absolute atomic E-state index is 10.5. The van der Waals surface area contributed by atoms with Crippen molar-refractivity contribution in [3.63, 3.8) is 0 Å². The standard InChI is InChI=1S/C26H50O3/c1-2-3-4-5-6-7-8-9-10-11-12-13-14-15-16-17-18-19-20-21-22-23-24-25(27)26(28)29/h22-23,25,27H,2-21,24H2,1H3,(H,28,29)/b23-22+. The zero-order valence-electron chi connectivity index (χ0n) is 19.4. The van der Waals surface area contributed by atoms with Crippen molar-refractivity contribution in [1.82, 2.24) is 0 Å². The molecule has 3 heteroatoms. The molecule has 0 fully saturated rings. The number of unbranched alkanes of at least 4 members (excludes halogenated alkanes) is 19. The molecule has 0 aromatic carbocycles. The molecule has 3 nitrogen and oxygen atoms in total. The first-order chi connectivity index (χ1) is 14.2. The van der Waals surface area contributed by atoms with Gasteiger partial charge in [-0.05, 0) is 12.8 Å². The molecule has 0 heterocycles. The first-order valence-electron chi connectivity index (χ1n) is 12.7. The van der Waals surface area contributed by atoms with Crippen molar-refractivity contribution in [2.24, 2.45) is 0 Å². The number of allylic oxidation sites excluding steroid dienone is 1. The minimum Gasteiger partial charge on any atom is -0.479 e. The van der Waals surface area contributed by atoms with E-state index >= 15 is 0 Å². The van der Waals surface area contributed by atoms with Crippen LogP contribution in [0, 0.1) is 0 Å². The molecule has 0 saturated heterocycles. The number of carboxylic acid groups (broad SMARTS) is 1. The molecule has 0 aromatic heterocycles. The summed E-state index contributed by atoms with van der Waals surface area (Å²) in [4.78, 5) is 10.5. The molecule has 0 aliphatic rings. The molecule has 1 atom stereocenters. The van der Waals surface area contributed by atoms with Gasteiger partial charge in [-0.2, -0.15) is 0 Å². The molecule has 0 rings (SSSR count). The first kappa shape index (κ1) is 28.2. The molecule has 2 N–H and O–H groups in total. The molecule has 0 radical (unpaired) electrons. The Labute approximate surface area is 181 Å². The van der Waals surface area contributed by atoms with Gasteiger partial charge >= 0.3 is 5.97 Å². The van der Waals surface area contributed by atoms with Gasteiger partial charge in [0, 0.05) is 6.42 Å². The monoisotopic (exact) mass is 410 g/mol. The van der Waals surface area contributed by atoms with Gasteiger partial charge in [0.25, 0.3) is 0 Å². The summed E-state index contributed by atoms with van der Waals surface area (Å²) in [6.45, 7) is 2.28. The summed E-state index contributed by atoms with van der Waals surface area (Å²) >= 11 is 0. The van der Waals surface area contributed by atoms with Gasteiger partial charge in [-0.15, -0.1) is 0 Å². The second-order valence-corrected chi connectivity index (χ2v) is 8.71. The fourth-order valence-electron chi connectivity index (χ4n) is 3.78. The van der Waals surface area contributed by atoms with Gasteiger partial charge in [0.2, 0.25) is 0 Å². The molecule has 0 spiro atoms. The van der Waals surface area contributed by atoms with E-state index in [0.717, 1.165) is 6.42 Å². The van der Waals surface area contributed by atoms with E-state index in [0.29, 0.717) is 0 Å². The Morgan fingerprint density at radius 1 is 0.621 bits per heavy atom. The van der Waals surface area contributed by atoms with Crippen LogP contribution < -0.4 is 0 Å². The number of aliphatic hydroxyl groups is 1. The van der Waals surface area contributed by atoms with Crippen molar-refractivity contribution in [1.29, 1.82) is 0 Å². The van der Waals surface area contributed by atoms with Gasteiger partial charge < -0.3 is 10.2 Å². The van der Waals surface area contributed by atoms with Gasteiger partial charge in [0.1, 0.15) is 0 Å². The van der Waals surface area contributed by atoms with Crippen molar-refractivity contribution in [3.8, 4) is 0 Å². The molecule has 0 aliphatic heterocycles. The summed E-state index contributed by atoms with van der Waals surface area (Å²) in [5, 5.41) is 17.7. The maximum atomic E-state index is 10.5. The largest absolute Gasteiger partial charge is 0.479 e. The third-order valence-corrected chi connectivity index (χ3v) is 5.79. The Balaban J connectivity index is 3.10. The lowest BCUT2D eigenvalue weighted by Crippen LogP contribution is -2.17. The Hall–Kier alpha value is -0.830. The van der Waals surface area contributed by atoms with Crippen LogP contribution in [0.25, 0.3) is 0 Å². The summed E-state index contributed by atoms with van der Waals surface area (Å²) in [5.74, 6) is -1.14. The molecule has 0 bridgehead atoms. The molecule has 172 valence electrons. The number of aliphatic carboxylic acids is 1. The summed E-state index contributed by atoms with van der Waals surface area (Å²) in [6.07, 6.45) is 30.2. The number of aliphatic hydroxyl groups excluding tert-OH is 1. The SMILES string of the molecule is CCCCCCCCCCCCCCCCCCCCC/C=C/CC(O)C(=O)O. The molecule has 0 aromatic rings. The minimum absolute atomic E-state index is 0.217. The van der Waals surface area contributed by atoms with E-state index in [2.05, 4.69) is 6.92 Å². The van der Waals surface area contributed by atoms with Gasteiger partial charge in [-0.25, -0.2) is 4.79 Å². The fourth-order valence-corrected chi connectivity index (χ4v) is 3.78. The summed E-state index contributed by atoms with van der Waals surface area (Å²) in [7, 11) is 0. The topological polar surface area (TPSA) is 57.5 Å². The second-order valence-electron chi connectivity index (χ2n) is 8.71. The Morgan fingerprint density at radius 3 is 1.31 bits per heavy atom. The highest BCUT2D eigenvalue weighted by atomic mass is 16.4. The quantitative estimate of drug-likeness (QED) is 0.132. The number of carboxylic acids is 1. The van der Waals surface area contributed by atoms with Crippen LogP contribution >= 0.6 is 0 Å². The molecule has 0 amide bonds. The molecule has 0 aliphatic carbocycles. The van der Waals surface area contributed by atoms with Crippen LogP contribution in [0.5, 0.6) is 0 Å². The number of rotatable bonds is 23. The summed E-state index contributed by atoms with van der Waals surface area (Å²) < 4.78 is 0. The third kappa shape index (κ3) is 23.3. The third-order valence-electron chi connectivity index (χ3n) is 5.79. The van der Waals surface area contributed by atoms with Crippen LogP contribution in [-0.4, -0.2) is 22.3 Å². The first-order valence-corrected chi connectivity index (χ1v) is 12.7. The predicted molar refractivity (Wildman–Crippen MR) is 125 cm³/mol. The average molecular weight is 411 g/mol. The highest BCUT2D eigenvalue weighted by Gasteiger charge is 2.09. The molecular weight excluding hydrogens is 360 g/mol. The van der Waals surface area contributed by atoms with E-state index in [1.807, 2.05) is 6.08 Å². The predicted octanol–water partition coefficient (Wildman–Crippen LogP) is 8.20. The van der Waals surface area contributed by atoms with Crippen LogP contribution in [0.3, 0.4) is 0 Å². The van der Waals surface area contributed by atoms with Crippen molar-refractivity contribution >= 4 is 5.97 Å². The number of hydrogen-bond acceptors (Lipinski definition) is 2. The van der Waals surface area contributed by atoms with Gasteiger partial charge in [-0.1, -0.05) is 135 Å². The molecular formula is C26H50O3. The van der Waals surface area contributed by atoms with E-state index in [4.69, 9.17) is 10.2 Å². The highest BCUT2D eigenvalue weighted by Crippen LogP contribution is 2.14. The van der Waals surface area contributed by atoms with E-state index in [9.17, 15) is 4.79 Å². The minimum atomic E-state index is -1.25. The normalized spacial score (nSPS) is 12.6. The van der Waals surface area contributed by atoms with Crippen molar-refractivity contribution in [3.05, 3.63) is 12.2 Å². The van der Waals surface area contributed by atoms with Gasteiger partial charge in [0.05, 0.1) is 0 Å². The van der Waals surface area contributed by atoms with E-state index < -0.39 is 12.1 Å². The smallest absolute Gasteiger partial charge is 0.332 e. The van der Waals surface area contributed by atoms with Crippen LogP contribution in [0.15, 0.2) is 12.2 Å². The van der Waals surface area contributed by atoms with E-state index in [1.54, 1.807) is 6.08 Å². The molecule has 29 heavy (non-hydrogen) atoms. The number of hydrogen-bond donors (Lipinski definition) is 2. The lowest BCUT2D eigenvalue weighted by atomic mass is 10.0. The zero-order chi connectivity index (χ0) is 21.4.